The lowest BCUT2D eigenvalue weighted by atomic mass is 10.2. The van der Waals surface area contributed by atoms with E-state index in [0.29, 0.717) is 21.7 Å². The first-order valence-corrected chi connectivity index (χ1v) is 7.14. The lowest BCUT2D eigenvalue weighted by molar-refractivity contribution is 0.458. The van der Waals surface area contributed by atoms with Crippen LogP contribution in [0.15, 0.2) is 30.5 Å². The molecular weight excluding hydrogens is 295 g/mol. The van der Waals surface area contributed by atoms with Gasteiger partial charge in [0, 0.05) is 28.4 Å². The summed E-state index contributed by atoms with van der Waals surface area (Å²) in [4.78, 5) is 4.34. The highest BCUT2D eigenvalue weighted by Crippen LogP contribution is 2.29. The molecule has 20 heavy (non-hydrogen) atoms. The van der Waals surface area contributed by atoms with Crippen molar-refractivity contribution >= 4 is 23.2 Å². The van der Waals surface area contributed by atoms with Crippen LogP contribution < -0.4 is 10.1 Å². The number of hydrogen-bond donors (Lipinski definition) is 1. The molecule has 0 saturated heterocycles. The molecule has 1 aromatic carbocycles. The van der Waals surface area contributed by atoms with E-state index < -0.39 is 0 Å². The quantitative estimate of drug-likeness (QED) is 0.876. The number of aryl methyl sites for hydroxylation is 1. The van der Waals surface area contributed by atoms with E-state index >= 15 is 0 Å². The van der Waals surface area contributed by atoms with Gasteiger partial charge in [0.05, 0.1) is 0 Å². The maximum atomic E-state index is 5.95. The second-order valence-corrected chi connectivity index (χ2v) is 5.33. The third kappa shape index (κ3) is 4.10. The molecule has 0 aliphatic rings. The lowest BCUT2D eigenvalue weighted by Gasteiger charge is -2.10. The van der Waals surface area contributed by atoms with Gasteiger partial charge in [-0.05, 0) is 43.3 Å². The van der Waals surface area contributed by atoms with Crippen LogP contribution in [0, 0.1) is 6.92 Å². The van der Waals surface area contributed by atoms with Crippen molar-refractivity contribution in [1.82, 2.24) is 10.3 Å². The van der Waals surface area contributed by atoms with Gasteiger partial charge in [0.1, 0.15) is 5.75 Å². The molecule has 2 rings (SSSR count). The zero-order valence-electron chi connectivity index (χ0n) is 11.4. The summed E-state index contributed by atoms with van der Waals surface area (Å²) in [7, 11) is 0. The zero-order valence-corrected chi connectivity index (χ0v) is 12.9. The number of nitrogens with zero attached hydrogens (tertiary/aromatic N) is 1. The minimum atomic E-state index is 0.536. The van der Waals surface area contributed by atoms with Crippen molar-refractivity contribution in [3.63, 3.8) is 0 Å². The molecule has 0 radical (unpaired) electrons. The van der Waals surface area contributed by atoms with E-state index in [9.17, 15) is 0 Å². The topological polar surface area (TPSA) is 34.2 Å². The average Bonchev–Trinajstić information content (AvgIpc) is 2.38. The smallest absolute Gasteiger partial charge is 0.222 e. The first kappa shape index (κ1) is 15.1. The van der Waals surface area contributed by atoms with Gasteiger partial charge in [-0.25, -0.2) is 4.98 Å². The molecule has 0 unspecified atom stereocenters. The molecule has 106 valence electrons. The van der Waals surface area contributed by atoms with Crippen LogP contribution in [0.5, 0.6) is 11.6 Å². The van der Waals surface area contributed by atoms with Gasteiger partial charge in [0.15, 0.2) is 0 Å². The minimum Gasteiger partial charge on any atom is -0.439 e. The molecule has 0 amide bonds. The molecule has 1 heterocycles. The summed E-state index contributed by atoms with van der Waals surface area (Å²) in [5.74, 6) is 1.14. The molecule has 0 bridgehead atoms. The third-order valence-corrected chi connectivity index (χ3v) is 3.15. The third-order valence-electron chi connectivity index (χ3n) is 2.72. The maximum absolute atomic E-state index is 5.95. The monoisotopic (exact) mass is 310 g/mol. The Balaban J connectivity index is 2.16. The Morgan fingerprint density at radius 2 is 1.85 bits per heavy atom. The van der Waals surface area contributed by atoms with Crippen molar-refractivity contribution in [2.75, 3.05) is 6.54 Å². The number of hydrogen-bond acceptors (Lipinski definition) is 3. The minimum absolute atomic E-state index is 0.536. The van der Waals surface area contributed by atoms with Gasteiger partial charge in [0.2, 0.25) is 5.88 Å². The van der Waals surface area contributed by atoms with Crippen LogP contribution in [-0.2, 0) is 6.54 Å². The normalized spacial score (nSPS) is 10.6. The van der Waals surface area contributed by atoms with Crippen LogP contribution in [0.1, 0.15) is 18.1 Å². The van der Waals surface area contributed by atoms with Gasteiger partial charge in [-0.1, -0.05) is 30.1 Å². The molecule has 0 atom stereocenters. The standard InChI is InChI=1S/C15H16Cl2N2O/c1-3-18-8-11-4-10(2)15(19-9-11)20-14-6-12(16)5-13(17)7-14/h4-7,9,18H,3,8H2,1-2H3. The Bertz CT molecular complexity index is 582. The van der Waals surface area contributed by atoms with Gasteiger partial charge in [0.25, 0.3) is 0 Å². The van der Waals surface area contributed by atoms with Gasteiger partial charge < -0.3 is 10.1 Å². The number of ether oxygens (including phenoxy) is 1. The Labute approximate surface area is 128 Å². The van der Waals surface area contributed by atoms with Crippen molar-refractivity contribution in [2.45, 2.75) is 20.4 Å². The van der Waals surface area contributed by atoms with Crippen LogP contribution >= 0.6 is 23.2 Å². The molecule has 3 nitrogen and oxygen atoms in total. The first-order valence-electron chi connectivity index (χ1n) is 6.38. The van der Waals surface area contributed by atoms with E-state index in [1.165, 1.54) is 0 Å². The Morgan fingerprint density at radius 1 is 1.15 bits per heavy atom. The fraction of sp³-hybridized carbons (Fsp3) is 0.267. The number of aromatic nitrogens is 1. The molecule has 1 aromatic heterocycles. The average molecular weight is 311 g/mol. The SMILES string of the molecule is CCNCc1cnc(Oc2cc(Cl)cc(Cl)c2)c(C)c1. The van der Waals surface area contributed by atoms with Gasteiger partial charge in [-0.15, -0.1) is 0 Å². The van der Waals surface area contributed by atoms with Crippen molar-refractivity contribution in [2.24, 2.45) is 0 Å². The van der Waals surface area contributed by atoms with Crippen molar-refractivity contribution < 1.29 is 4.74 Å². The van der Waals surface area contributed by atoms with Crippen LogP contribution in [0.3, 0.4) is 0 Å². The summed E-state index contributed by atoms with van der Waals surface area (Å²) < 4.78 is 5.73. The van der Waals surface area contributed by atoms with Crippen LogP contribution in [-0.4, -0.2) is 11.5 Å². The summed E-state index contributed by atoms with van der Waals surface area (Å²) in [5.41, 5.74) is 2.09. The molecular formula is C15H16Cl2N2O. The molecule has 5 heteroatoms. The van der Waals surface area contributed by atoms with E-state index in [4.69, 9.17) is 27.9 Å². The summed E-state index contributed by atoms with van der Waals surface area (Å²) in [6.07, 6.45) is 1.80. The fourth-order valence-electron chi connectivity index (χ4n) is 1.79. The second-order valence-electron chi connectivity index (χ2n) is 4.45. The van der Waals surface area contributed by atoms with Crippen molar-refractivity contribution in [1.29, 1.82) is 0 Å². The predicted octanol–water partition coefficient (Wildman–Crippen LogP) is 4.60. The zero-order chi connectivity index (χ0) is 14.5. The molecule has 1 N–H and O–H groups in total. The summed E-state index contributed by atoms with van der Waals surface area (Å²) in [5, 5.41) is 4.33. The molecule has 0 aliphatic carbocycles. The lowest BCUT2D eigenvalue weighted by Crippen LogP contribution is -2.12. The fourth-order valence-corrected chi connectivity index (χ4v) is 2.30. The predicted molar refractivity (Wildman–Crippen MR) is 82.9 cm³/mol. The van der Waals surface area contributed by atoms with Crippen LogP contribution in [0.25, 0.3) is 0 Å². The largest absolute Gasteiger partial charge is 0.439 e. The van der Waals surface area contributed by atoms with Crippen LogP contribution in [0.2, 0.25) is 10.0 Å². The molecule has 2 aromatic rings. The number of pyridine rings is 1. The number of rotatable bonds is 5. The molecule has 0 fully saturated rings. The van der Waals surface area contributed by atoms with Crippen molar-refractivity contribution in [3.8, 4) is 11.6 Å². The highest BCUT2D eigenvalue weighted by atomic mass is 35.5. The summed E-state index contributed by atoms with van der Waals surface area (Å²) in [6, 6.07) is 7.13. The molecule has 0 saturated carbocycles. The first-order chi connectivity index (χ1) is 9.58. The van der Waals surface area contributed by atoms with Gasteiger partial charge in [-0.3, -0.25) is 0 Å². The van der Waals surface area contributed by atoms with Crippen molar-refractivity contribution in [3.05, 3.63) is 51.6 Å². The Hall–Kier alpha value is -1.29. The maximum Gasteiger partial charge on any atom is 0.222 e. The van der Waals surface area contributed by atoms with E-state index in [-0.39, 0.29) is 0 Å². The molecule has 0 spiro atoms. The summed E-state index contributed by atoms with van der Waals surface area (Å²) >= 11 is 11.9. The Kier molecular flexibility index (Phi) is 5.24. The van der Waals surface area contributed by atoms with E-state index in [0.717, 1.165) is 24.2 Å². The highest BCUT2D eigenvalue weighted by Gasteiger charge is 2.06. The van der Waals surface area contributed by atoms with Gasteiger partial charge in [-0.2, -0.15) is 0 Å². The van der Waals surface area contributed by atoms with Crippen LogP contribution in [0.4, 0.5) is 0 Å². The molecule has 0 aliphatic heterocycles. The second kappa shape index (κ2) is 6.93. The van der Waals surface area contributed by atoms with Gasteiger partial charge >= 0.3 is 0 Å². The van der Waals surface area contributed by atoms with E-state index in [1.807, 2.05) is 6.92 Å². The number of benzene rings is 1. The highest BCUT2D eigenvalue weighted by molar-refractivity contribution is 6.34. The Morgan fingerprint density at radius 3 is 2.45 bits per heavy atom. The summed E-state index contributed by atoms with van der Waals surface area (Å²) in [6.45, 7) is 5.76. The number of halogens is 2. The van der Waals surface area contributed by atoms with E-state index in [1.54, 1.807) is 24.4 Å². The number of nitrogens with one attached hydrogen (secondary N) is 1. The van der Waals surface area contributed by atoms with E-state index in [2.05, 4.69) is 23.3 Å².